The van der Waals surface area contributed by atoms with Crippen LogP contribution in [0.15, 0.2) is 48.8 Å². The number of pyridine rings is 1. The highest BCUT2D eigenvalue weighted by Gasteiger charge is 2.20. The fraction of sp³-hybridized carbons (Fsp3) is 0.400. The topological polar surface area (TPSA) is 43.2 Å². The first-order valence-corrected chi connectivity index (χ1v) is 8.54. The zero-order valence-electron chi connectivity index (χ0n) is 14.8. The normalized spacial score (nSPS) is 15.5. The number of piperazine rings is 1. The molecule has 1 aliphatic heterocycles. The zero-order valence-corrected chi connectivity index (χ0v) is 14.8. The van der Waals surface area contributed by atoms with Crippen molar-refractivity contribution in [3.8, 4) is 0 Å². The van der Waals surface area contributed by atoms with E-state index >= 15 is 0 Å². The summed E-state index contributed by atoms with van der Waals surface area (Å²) in [5, 5.41) is 8.52. The van der Waals surface area contributed by atoms with Crippen molar-refractivity contribution in [1.29, 1.82) is 5.41 Å². The van der Waals surface area contributed by atoms with Gasteiger partial charge < -0.3 is 9.80 Å². The largest absolute Gasteiger partial charge is 0.368 e. The van der Waals surface area contributed by atoms with Crippen LogP contribution in [0.3, 0.4) is 0 Å². The molecule has 0 amide bonds. The van der Waals surface area contributed by atoms with Crippen LogP contribution in [0.4, 0.5) is 5.69 Å². The molecule has 1 fully saturated rings. The Kier molecular flexibility index (Phi) is 4.56. The Hall–Kier alpha value is -2.36. The molecule has 4 heteroatoms. The minimum Gasteiger partial charge on any atom is -0.368 e. The molecule has 126 valence electrons. The van der Waals surface area contributed by atoms with E-state index < -0.39 is 0 Å². The minimum absolute atomic E-state index is 0.150. The average molecular weight is 322 g/mol. The van der Waals surface area contributed by atoms with Gasteiger partial charge in [0.2, 0.25) is 0 Å². The lowest BCUT2D eigenvalue weighted by Gasteiger charge is -2.37. The number of aromatic nitrogens is 1. The van der Waals surface area contributed by atoms with Gasteiger partial charge in [0.25, 0.3) is 0 Å². The van der Waals surface area contributed by atoms with Crippen LogP contribution in [-0.2, 0) is 5.41 Å². The maximum absolute atomic E-state index is 8.52. The van der Waals surface area contributed by atoms with Crippen molar-refractivity contribution < 1.29 is 0 Å². The van der Waals surface area contributed by atoms with Crippen molar-refractivity contribution in [1.82, 2.24) is 9.88 Å². The minimum atomic E-state index is 0.150. The van der Waals surface area contributed by atoms with Crippen molar-refractivity contribution in [2.45, 2.75) is 26.2 Å². The van der Waals surface area contributed by atoms with Gasteiger partial charge in [0.1, 0.15) is 5.84 Å². The van der Waals surface area contributed by atoms with Crippen molar-refractivity contribution in [2.24, 2.45) is 0 Å². The molecule has 1 aliphatic rings. The first-order chi connectivity index (χ1) is 11.4. The summed E-state index contributed by atoms with van der Waals surface area (Å²) < 4.78 is 0. The summed E-state index contributed by atoms with van der Waals surface area (Å²) >= 11 is 0. The molecule has 1 aromatic heterocycles. The predicted octanol–water partition coefficient (Wildman–Crippen LogP) is 3.53. The van der Waals surface area contributed by atoms with Crippen LogP contribution in [0.5, 0.6) is 0 Å². The first-order valence-electron chi connectivity index (χ1n) is 8.54. The monoisotopic (exact) mass is 322 g/mol. The molecular formula is C20H26N4. The third-order valence-corrected chi connectivity index (χ3v) is 4.65. The van der Waals surface area contributed by atoms with Gasteiger partial charge in [0, 0.05) is 49.8 Å². The van der Waals surface area contributed by atoms with Gasteiger partial charge in [-0.25, -0.2) is 0 Å². The molecule has 0 aliphatic carbocycles. The molecule has 0 spiro atoms. The van der Waals surface area contributed by atoms with Crippen molar-refractivity contribution in [2.75, 3.05) is 31.1 Å². The van der Waals surface area contributed by atoms with Gasteiger partial charge in [-0.2, -0.15) is 0 Å². The lowest BCUT2D eigenvalue weighted by atomic mass is 9.86. The maximum Gasteiger partial charge on any atom is 0.128 e. The Morgan fingerprint density at radius 3 is 2.04 bits per heavy atom. The summed E-state index contributed by atoms with van der Waals surface area (Å²) in [5.74, 6) is 0.629. The smallest absolute Gasteiger partial charge is 0.128 e. The summed E-state index contributed by atoms with van der Waals surface area (Å²) in [6.07, 6.45) is 3.67. The fourth-order valence-corrected chi connectivity index (χ4v) is 3.05. The van der Waals surface area contributed by atoms with Gasteiger partial charge >= 0.3 is 0 Å². The Balaban J connectivity index is 1.63. The maximum atomic E-state index is 8.52. The number of rotatable bonds is 2. The standard InChI is InChI=1S/C20H26N4/c1-20(2,3)17-6-4-16(5-7-17)19(21)24-14-12-23(13-15-24)18-8-10-22-11-9-18/h4-11,21H,12-15H2,1-3H3. The molecule has 2 heterocycles. The van der Waals surface area contributed by atoms with E-state index in [4.69, 9.17) is 5.41 Å². The third-order valence-electron chi connectivity index (χ3n) is 4.65. The summed E-state index contributed by atoms with van der Waals surface area (Å²) in [4.78, 5) is 8.60. The molecule has 24 heavy (non-hydrogen) atoms. The van der Waals surface area contributed by atoms with E-state index in [1.807, 2.05) is 24.5 Å². The van der Waals surface area contributed by atoms with Crippen molar-refractivity contribution in [3.63, 3.8) is 0 Å². The molecule has 0 saturated carbocycles. The van der Waals surface area contributed by atoms with E-state index in [9.17, 15) is 0 Å². The molecule has 1 aromatic carbocycles. The van der Waals surface area contributed by atoms with Gasteiger partial charge in [0.05, 0.1) is 0 Å². The van der Waals surface area contributed by atoms with Crippen LogP contribution < -0.4 is 4.90 Å². The van der Waals surface area contributed by atoms with Gasteiger partial charge in [-0.15, -0.1) is 0 Å². The van der Waals surface area contributed by atoms with E-state index in [-0.39, 0.29) is 5.41 Å². The fourth-order valence-electron chi connectivity index (χ4n) is 3.05. The van der Waals surface area contributed by atoms with Crippen LogP contribution in [0.1, 0.15) is 31.9 Å². The summed E-state index contributed by atoms with van der Waals surface area (Å²) in [5.41, 5.74) is 3.67. The van der Waals surface area contributed by atoms with Crippen molar-refractivity contribution >= 4 is 11.5 Å². The molecule has 3 rings (SSSR count). The molecule has 1 saturated heterocycles. The van der Waals surface area contributed by atoms with Crippen LogP contribution in [0.2, 0.25) is 0 Å². The summed E-state index contributed by atoms with van der Waals surface area (Å²) in [6, 6.07) is 12.6. The van der Waals surface area contributed by atoms with E-state index in [1.54, 1.807) is 0 Å². The van der Waals surface area contributed by atoms with Crippen molar-refractivity contribution in [3.05, 3.63) is 59.9 Å². The lowest BCUT2D eigenvalue weighted by Crippen LogP contribution is -2.48. The number of hydrogen-bond acceptors (Lipinski definition) is 3. The van der Waals surface area contributed by atoms with Gasteiger partial charge in [-0.05, 0) is 23.1 Å². The predicted molar refractivity (Wildman–Crippen MR) is 100.0 cm³/mol. The average Bonchev–Trinajstić information content (AvgIpc) is 2.61. The van der Waals surface area contributed by atoms with E-state index in [0.29, 0.717) is 5.84 Å². The Bertz CT molecular complexity index is 678. The molecular weight excluding hydrogens is 296 g/mol. The second-order valence-electron chi connectivity index (χ2n) is 7.36. The van der Waals surface area contributed by atoms with Gasteiger partial charge in [-0.1, -0.05) is 45.0 Å². The highest BCUT2D eigenvalue weighted by molar-refractivity contribution is 5.96. The molecule has 0 radical (unpaired) electrons. The van der Waals surface area contributed by atoms with Gasteiger partial charge in [0.15, 0.2) is 0 Å². The Morgan fingerprint density at radius 1 is 0.917 bits per heavy atom. The Morgan fingerprint density at radius 2 is 1.50 bits per heavy atom. The highest BCUT2D eigenvalue weighted by atomic mass is 15.3. The molecule has 1 N–H and O–H groups in total. The molecule has 0 atom stereocenters. The quantitative estimate of drug-likeness (QED) is 0.679. The lowest BCUT2D eigenvalue weighted by molar-refractivity contribution is 0.384. The van der Waals surface area contributed by atoms with E-state index in [1.165, 1.54) is 11.3 Å². The highest BCUT2D eigenvalue weighted by Crippen LogP contribution is 2.23. The SMILES string of the molecule is CC(C)(C)c1ccc(C(=N)N2CCN(c3ccncc3)CC2)cc1. The first kappa shape index (κ1) is 16.5. The van der Waals surface area contributed by atoms with E-state index in [2.05, 4.69) is 59.8 Å². The van der Waals surface area contributed by atoms with E-state index in [0.717, 1.165) is 31.7 Å². The Labute approximate surface area is 144 Å². The molecule has 4 nitrogen and oxygen atoms in total. The second kappa shape index (κ2) is 6.63. The number of amidine groups is 1. The molecule has 2 aromatic rings. The number of anilines is 1. The zero-order chi connectivity index (χ0) is 17.2. The number of hydrogen-bond donors (Lipinski definition) is 1. The summed E-state index contributed by atoms with van der Waals surface area (Å²) in [6.45, 7) is 10.3. The number of nitrogens with zero attached hydrogens (tertiary/aromatic N) is 3. The van der Waals surface area contributed by atoms with Crippen LogP contribution >= 0.6 is 0 Å². The molecule has 0 unspecified atom stereocenters. The second-order valence-corrected chi connectivity index (χ2v) is 7.36. The van der Waals surface area contributed by atoms with Crippen LogP contribution in [0.25, 0.3) is 0 Å². The van der Waals surface area contributed by atoms with Crippen LogP contribution in [-0.4, -0.2) is 41.9 Å². The molecule has 0 bridgehead atoms. The van der Waals surface area contributed by atoms with Crippen LogP contribution in [0, 0.1) is 5.41 Å². The number of benzene rings is 1. The van der Waals surface area contributed by atoms with Gasteiger partial charge in [-0.3, -0.25) is 10.4 Å². The third kappa shape index (κ3) is 3.58. The number of nitrogens with one attached hydrogen (secondary N) is 1. The summed E-state index contributed by atoms with van der Waals surface area (Å²) in [7, 11) is 0.